The Morgan fingerprint density at radius 1 is 1.00 bits per heavy atom. The maximum absolute atomic E-state index is 13.2. The Labute approximate surface area is 185 Å². The Kier molecular flexibility index (Phi) is 6.07. The van der Waals surface area contributed by atoms with E-state index in [1.165, 1.54) is 12.1 Å². The zero-order valence-corrected chi connectivity index (χ0v) is 18.9. The van der Waals surface area contributed by atoms with Gasteiger partial charge in [-0.05, 0) is 101 Å². The quantitative estimate of drug-likeness (QED) is 0.702. The lowest BCUT2D eigenvalue weighted by Gasteiger charge is -2.46. The van der Waals surface area contributed by atoms with Gasteiger partial charge in [0.1, 0.15) is 5.82 Å². The lowest BCUT2D eigenvalue weighted by molar-refractivity contribution is 0.0816. The van der Waals surface area contributed by atoms with Crippen LogP contribution in [0.2, 0.25) is 0 Å². The Balaban J connectivity index is 1.42. The number of benzene rings is 2. The maximum atomic E-state index is 13.2. The zero-order chi connectivity index (χ0) is 22.1. The number of nitrogens with zero attached hydrogens (tertiary/aromatic N) is 1. The van der Waals surface area contributed by atoms with Crippen molar-refractivity contribution in [3.8, 4) is 11.1 Å². The minimum atomic E-state index is -0.507. The smallest absolute Gasteiger partial charge is 0.315 e. The average Bonchev–Trinajstić information content (AvgIpc) is 2.73. The first kappa shape index (κ1) is 21.8. The third-order valence-electron chi connectivity index (χ3n) is 7.27. The van der Waals surface area contributed by atoms with Gasteiger partial charge in [0, 0.05) is 5.54 Å². The van der Waals surface area contributed by atoms with Crippen molar-refractivity contribution < 1.29 is 9.18 Å². The number of hydrogen-bond acceptors (Lipinski definition) is 2. The van der Waals surface area contributed by atoms with E-state index in [4.69, 9.17) is 0 Å². The minimum absolute atomic E-state index is 0.0990. The van der Waals surface area contributed by atoms with Gasteiger partial charge in [0.15, 0.2) is 0 Å². The number of amides is 2. The first-order valence-corrected chi connectivity index (χ1v) is 11.4. The van der Waals surface area contributed by atoms with Crippen molar-refractivity contribution in [2.24, 2.45) is 5.92 Å². The van der Waals surface area contributed by atoms with Crippen molar-refractivity contribution in [1.82, 2.24) is 15.5 Å². The molecule has 0 aliphatic carbocycles. The van der Waals surface area contributed by atoms with E-state index in [0.717, 1.165) is 62.0 Å². The number of hydrogen-bond donors (Lipinski definition) is 2. The number of carbonyl (C=O) groups excluding carboxylic acids is 1. The molecule has 2 aromatic rings. The second-order valence-electron chi connectivity index (χ2n) is 9.93. The molecule has 4 nitrogen and oxygen atoms in total. The molecule has 3 aliphatic rings. The average molecular weight is 424 g/mol. The van der Waals surface area contributed by atoms with Gasteiger partial charge in [0.25, 0.3) is 0 Å². The molecular formula is C26H34FN3O. The first-order valence-electron chi connectivity index (χ1n) is 11.4. The van der Waals surface area contributed by atoms with Crippen LogP contribution in [-0.2, 0) is 5.54 Å². The second kappa shape index (κ2) is 8.62. The third-order valence-corrected chi connectivity index (χ3v) is 7.27. The summed E-state index contributed by atoms with van der Waals surface area (Å²) in [6, 6.07) is 14.5. The van der Waals surface area contributed by atoms with Crippen molar-refractivity contribution >= 4 is 6.03 Å². The largest absolute Gasteiger partial charge is 0.333 e. The summed E-state index contributed by atoms with van der Waals surface area (Å²) in [4.78, 5) is 15.6. The minimum Gasteiger partial charge on any atom is -0.333 e. The molecular weight excluding hydrogens is 389 g/mol. The van der Waals surface area contributed by atoms with Gasteiger partial charge in [0.05, 0.1) is 5.54 Å². The van der Waals surface area contributed by atoms with Crippen LogP contribution in [0.1, 0.15) is 52.0 Å². The normalized spacial score (nSPS) is 26.1. The highest BCUT2D eigenvalue weighted by molar-refractivity contribution is 5.76. The Bertz CT molecular complexity index is 898. The molecule has 3 saturated heterocycles. The molecule has 3 heterocycles. The molecule has 1 atom stereocenters. The second-order valence-corrected chi connectivity index (χ2v) is 9.93. The molecule has 31 heavy (non-hydrogen) atoms. The van der Waals surface area contributed by atoms with Gasteiger partial charge in [-0.3, -0.25) is 0 Å². The van der Waals surface area contributed by atoms with Gasteiger partial charge in [-0.25, -0.2) is 9.18 Å². The van der Waals surface area contributed by atoms with Crippen LogP contribution in [0.4, 0.5) is 9.18 Å². The topological polar surface area (TPSA) is 44.4 Å². The number of fused-ring (bicyclic) bond motifs is 5. The lowest BCUT2D eigenvalue weighted by Crippen LogP contribution is -2.60. The highest BCUT2D eigenvalue weighted by Gasteiger charge is 2.39. The van der Waals surface area contributed by atoms with Crippen LogP contribution < -0.4 is 10.6 Å². The number of halogens is 1. The van der Waals surface area contributed by atoms with Crippen LogP contribution in [0.25, 0.3) is 11.1 Å². The summed E-state index contributed by atoms with van der Waals surface area (Å²) in [5.41, 5.74) is 2.37. The fourth-order valence-corrected chi connectivity index (χ4v) is 5.20. The van der Waals surface area contributed by atoms with Crippen molar-refractivity contribution in [1.29, 1.82) is 0 Å². The fourth-order valence-electron chi connectivity index (χ4n) is 5.20. The van der Waals surface area contributed by atoms with Gasteiger partial charge in [-0.15, -0.1) is 0 Å². The molecule has 0 radical (unpaired) electrons. The van der Waals surface area contributed by atoms with E-state index in [1.807, 2.05) is 38.1 Å². The van der Waals surface area contributed by atoms with Gasteiger partial charge in [-0.2, -0.15) is 0 Å². The number of urea groups is 1. The van der Waals surface area contributed by atoms with Crippen LogP contribution in [0, 0.1) is 11.7 Å². The van der Waals surface area contributed by atoms with Crippen molar-refractivity contribution in [3.63, 3.8) is 0 Å². The van der Waals surface area contributed by atoms with E-state index in [0.29, 0.717) is 5.92 Å². The summed E-state index contributed by atoms with van der Waals surface area (Å²) in [5, 5.41) is 6.55. The van der Waals surface area contributed by atoms with E-state index in [9.17, 15) is 9.18 Å². The van der Waals surface area contributed by atoms with E-state index in [2.05, 4.69) is 22.5 Å². The molecule has 0 spiro atoms. The van der Waals surface area contributed by atoms with Gasteiger partial charge < -0.3 is 15.5 Å². The Morgan fingerprint density at radius 2 is 1.58 bits per heavy atom. The predicted molar refractivity (Wildman–Crippen MR) is 123 cm³/mol. The Morgan fingerprint density at radius 3 is 2.19 bits per heavy atom. The number of carbonyl (C=O) groups is 1. The van der Waals surface area contributed by atoms with Crippen LogP contribution in [0.15, 0.2) is 48.5 Å². The molecule has 0 aromatic heterocycles. The van der Waals surface area contributed by atoms with E-state index < -0.39 is 5.54 Å². The summed E-state index contributed by atoms with van der Waals surface area (Å²) in [5.74, 6) is 0.299. The molecule has 2 bridgehead atoms. The Hall–Kier alpha value is -2.40. The lowest BCUT2D eigenvalue weighted by atomic mass is 9.74. The highest BCUT2D eigenvalue weighted by Crippen LogP contribution is 2.34. The van der Waals surface area contributed by atoms with Crippen molar-refractivity contribution in [2.45, 2.75) is 57.5 Å². The summed E-state index contributed by atoms with van der Waals surface area (Å²) >= 11 is 0. The van der Waals surface area contributed by atoms with Gasteiger partial charge in [0.2, 0.25) is 0 Å². The molecule has 0 unspecified atom stereocenters. The van der Waals surface area contributed by atoms with Crippen LogP contribution in [0.3, 0.4) is 0 Å². The SMILES string of the molecule is CC(C)(NC(=O)N[C@]1(C)CCCN2CCC1CC2)c1ccc(-c2ccc(F)cc2)cc1. The maximum Gasteiger partial charge on any atom is 0.315 e. The highest BCUT2D eigenvalue weighted by atomic mass is 19.1. The van der Waals surface area contributed by atoms with Gasteiger partial charge >= 0.3 is 6.03 Å². The van der Waals surface area contributed by atoms with Crippen LogP contribution in [-0.4, -0.2) is 36.1 Å². The molecule has 5 rings (SSSR count). The van der Waals surface area contributed by atoms with Crippen LogP contribution >= 0.6 is 0 Å². The van der Waals surface area contributed by atoms with Crippen LogP contribution in [0.5, 0.6) is 0 Å². The monoisotopic (exact) mass is 423 g/mol. The number of nitrogens with one attached hydrogen (secondary N) is 2. The summed E-state index contributed by atoms with van der Waals surface area (Å²) in [6.45, 7) is 9.71. The zero-order valence-electron chi connectivity index (χ0n) is 18.9. The summed E-state index contributed by atoms with van der Waals surface area (Å²) in [7, 11) is 0. The van der Waals surface area contributed by atoms with Gasteiger partial charge in [-0.1, -0.05) is 36.4 Å². The molecule has 2 aromatic carbocycles. The first-order chi connectivity index (χ1) is 14.7. The summed E-state index contributed by atoms with van der Waals surface area (Å²) in [6.07, 6.45) is 4.46. The standard InChI is InChI=1S/C26H34FN3O/c1-25(2,21-9-5-19(6-10-21)20-7-11-23(27)12-8-20)28-24(31)29-26(3)15-4-16-30-17-13-22(26)14-18-30/h5-12,22H,4,13-18H2,1-3H3,(H2,28,29,31)/t26-/m1/s1. The summed E-state index contributed by atoms with van der Waals surface area (Å²) < 4.78 is 13.2. The molecule has 166 valence electrons. The molecule has 0 saturated carbocycles. The number of rotatable bonds is 4. The molecule has 2 amide bonds. The van der Waals surface area contributed by atoms with Crippen molar-refractivity contribution in [3.05, 3.63) is 59.9 Å². The molecule has 3 fully saturated rings. The fraction of sp³-hybridized carbons (Fsp3) is 0.500. The van der Waals surface area contributed by atoms with E-state index in [1.54, 1.807) is 12.1 Å². The molecule has 3 aliphatic heterocycles. The van der Waals surface area contributed by atoms with E-state index in [-0.39, 0.29) is 17.4 Å². The molecule has 2 N–H and O–H groups in total. The van der Waals surface area contributed by atoms with E-state index >= 15 is 0 Å². The predicted octanol–water partition coefficient (Wildman–Crippen LogP) is 5.29. The van der Waals surface area contributed by atoms with Crippen molar-refractivity contribution in [2.75, 3.05) is 19.6 Å². The third kappa shape index (κ3) is 4.93. The molecule has 5 heteroatoms. The number of piperidine rings is 1.